The quantitative estimate of drug-likeness (QED) is 0.269. The van der Waals surface area contributed by atoms with E-state index in [2.05, 4.69) is 23.3 Å². The molecule has 2 rings (SSSR count). The van der Waals surface area contributed by atoms with E-state index in [0.717, 1.165) is 11.1 Å². The van der Waals surface area contributed by atoms with Gasteiger partial charge in [0.05, 0.1) is 0 Å². The summed E-state index contributed by atoms with van der Waals surface area (Å²) in [5, 5.41) is 19.6. The van der Waals surface area contributed by atoms with Crippen molar-refractivity contribution in [1.82, 2.24) is 0 Å². The van der Waals surface area contributed by atoms with E-state index in [1.165, 1.54) is 0 Å². The molecule has 0 saturated heterocycles. The van der Waals surface area contributed by atoms with Crippen LogP contribution in [-0.2, 0) is 24.5 Å². The highest BCUT2D eigenvalue weighted by Crippen LogP contribution is 2.33. The van der Waals surface area contributed by atoms with E-state index in [1.807, 2.05) is 24.3 Å². The first kappa shape index (κ1) is 27.3. The summed E-state index contributed by atoms with van der Waals surface area (Å²) in [6, 6.07) is 14.9. The van der Waals surface area contributed by atoms with Gasteiger partial charge in [0.2, 0.25) is 0 Å². The lowest BCUT2D eigenvalue weighted by Gasteiger charge is -2.26. The van der Waals surface area contributed by atoms with Crippen LogP contribution in [0.15, 0.2) is 48.5 Å². The van der Waals surface area contributed by atoms with Crippen molar-refractivity contribution in [3.05, 3.63) is 59.7 Å². The fourth-order valence-corrected chi connectivity index (χ4v) is 3.01. The van der Waals surface area contributed by atoms with Gasteiger partial charge in [-0.2, -0.15) is 0 Å². The first-order valence-electron chi connectivity index (χ1n) is 10.7. The predicted molar refractivity (Wildman–Crippen MR) is 128 cm³/mol. The van der Waals surface area contributed by atoms with Crippen molar-refractivity contribution in [3.63, 3.8) is 0 Å². The molecule has 184 valence electrons. The fraction of sp³-hybridized carbons (Fsp3) is 0.333. The average Bonchev–Trinajstić information content (AvgIpc) is 2.88. The predicted octanol–water partition coefficient (Wildman–Crippen LogP) is 1.84. The van der Waals surface area contributed by atoms with Crippen LogP contribution in [0, 0.1) is 24.7 Å². The molecule has 0 bridgehead atoms. The number of esters is 2. The zero-order valence-electron chi connectivity index (χ0n) is 19.6. The SMILES string of the molecule is C#CC(=O)OCC(O)COc1ccc(C(C)(C)c2ccc(OCC(O)COC(=O)C#C)cc2)cc1. The van der Waals surface area contributed by atoms with Gasteiger partial charge in [0, 0.05) is 17.3 Å². The van der Waals surface area contributed by atoms with Crippen LogP contribution in [-0.4, -0.2) is 60.8 Å². The second-order valence-electron chi connectivity index (χ2n) is 8.09. The Kier molecular flexibility index (Phi) is 10.2. The Morgan fingerprint density at radius 2 is 1.09 bits per heavy atom. The lowest BCUT2D eigenvalue weighted by Crippen LogP contribution is -2.25. The van der Waals surface area contributed by atoms with E-state index < -0.39 is 24.1 Å². The van der Waals surface area contributed by atoms with Crippen LogP contribution in [0.3, 0.4) is 0 Å². The van der Waals surface area contributed by atoms with Crippen LogP contribution in [0.2, 0.25) is 0 Å². The minimum atomic E-state index is -0.997. The number of terminal acetylenes is 2. The highest BCUT2D eigenvalue weighted by Gasteiger charge is 2.23. The third-order valence-electron chi connectivity index (χ3n) is 5.09. The Morgan fingerprint density at radius 1 is 0.743 bits per heavy atom. The van der Waals surface area contributed by atoms with Gasteiger partial charge in [0.25, 0.3) is 0 Å². The number of aliphatic hydroxyl groups is 2. The Labute approximate surface area is 204 Å². The second-order valence-corrected chi connectivity index (χ2v) is 8.09. The molecule has 8 heteroatoms. The molecular formula is C27H28O8. The molecule has 0 aliphatic carbocycles. The van der Waals surface area contributed by atoms with Crippen molar-refractivity contribution < 1.29 is 38.7 Å². The molecule has 0 saturated carbocycles. The van der Waals surface area contributed by atoms with Gasteiger partial charge in [-0.05, 0) is 35.4 Å². The second kappa shape index (κ2) is 13.0. The molecule has 2 unspecified atom stereocenters. The number of benzene rings is 2. The van der Waals surface area contributed by atoms with Crippen LogP contribution < -0.4 is 9.47 Å². The van der Waals surface area contributed by atoms with Crippen molar-refractivity contribution in [3.8, 4) is 36.2 Å². The zero-order valence-corrected chi connectivity index (χ0v) is 19.6. The van der Waals surface area contributed by atoms with Crippen LogP contribution >= 0.6 is 0 Å². The summed E-state index contributed by atoms with van der Waals surface area (Å²) >= 11 is 0. The van der Waals surface area contributed by atoms with E-state index in [1.54, 1.807) is 36.1 Å². The van der Waals surface area contributed by atoms with Crippen molar-refractivity contribution in [2.45, 2.75) is 31.5 Å². The molecule has 0 heterocycles. The molecule has 0 amide bonds. The van der Waals surface area contributed by atoms with Crippen LogP contribution in [0.5, 0.6) is 11.5 Å². The summed E-state index contributed by atoms with van der Waals surface area (Å²) in [7, 11) is 0. The first-order chi connectivity index (χ1) is 16.6. The van der Waals surface area contributed by atoms with Crippen molar-refractivity contribution >= 4 is 11.9 Å². The number of hydrogen-bond donors (Lipinski definition) is 2. The van der Waals surface area contributed by atoms with Crippen LogP contribution in [0.25, 0.3) is 0 Å². The number of carbonyl (C=O) groups is 2. The van der Waals surface area contributed by atoms with E-state index in [4.69, 9.17) is 22.3 Å². The van der Waals surface area contributed by atoms with Gasteiger partial charge in [-0.3, -0.25) is 0 Å². The van der Waals surface area contributed by atoms with Gasteiger partial charge in [-0.25, -0.2) is 9.59 Å². The molecule has 35 heavy (non-hydrogen) atoms. The largest absolute Gasteiger partial charge is 0.491 e. The molecular weight excluding hydrogens is 452 g/mol. The standard InChI is InChI=1S/C27H28O8/c1-5-25(30)34-17-21(28)15-32-23-11-7-19(8-12-23)27(3,4)20-9-13-24(14-10-20)33-16-22(29)18-35-26(31)6-2/h1-2,7-14,21-22,28-29H,15-18H2,3-4H3. The molecule has 2 aromatic rings. The minimum Gasteiger partial charge on any atom is -0.491 e. The zero-order chi connectivity index (χ0) is 25.8. The third-order valence-corrected chi connectivity index (χ3v) is 5.09. The fourth-order valence-electron chi connectivity index (χ4n) is 3.01. The molecule has 0 aliphatic heterocycles. The van der Waals surface area contributed by atoms with Gasteiger partial charge in [-0.1, -0.05) is 38.1 Å². The summed E-state index contributed by atoms with van der Waals surface area (Å²) in [6.07, 6.45) is 7.80. The van der Waals surface area contributed by atoms with E-state index in [0.29, 0.717) is 11.5 Å². The molecule has 2 aromatic carbocycles. The molecule has 2 N–H and O–H groups in total. The van der Waals surface area contributed by atoms with Gasteiger partial charge < -0.3 is 29.2 Å². The van der Waals surface area contributed by atoms with Crippen molar-refractivity contribution in [2.75, 3.05) is 26.4 Å². The lowest BCUT2D eigenvalue weighted by molar-refractivity contribution is -0.140. The Hall–Kier alpha value is -3.98. The number of ether oxygens (including phenoxy) is 4. The molecule has 0 spiro atoms. The van der Waals surface area contributed by atoms with Crippen LogP contribution in [0.1, 0.15) is 25.0 Å². The summed E-state index contributed by atoms with van der Waals surface area (Å²) in [5.74, 6) is 3.04. The number of carbonyl (C=O) groups excluding carboxylic acids is 2. The topological polar surface area (TPSA) is 112 Å². The van der Waals surface area contributed by atoms with Gasteiger partial charge >= 0.3 is 11.9 Å². The average molecular weight is 481 g/mol. The van der Waals surface area contributed by atoms with Gasteiger partial charge in [0.1, 0.15) is 50.1 Å². The first-order valence-corrected chi connectivity index (χ1v) is 10.7. The number of hydrogen-bond acceptors (Lipinski definition) is 8. The molecule has 0 aliphatic rings. The maximum atomic E-state index is 10.9. The molecule has 0 radical (unpaired) electrons. The summed E-state index contributed by atoms with van der Waals surface area (Å²) in [6.45, 7) is 3.56. The smallest absolute Gasteiger partial charge is 0.384 e. The molecule has 8 nitrogen and oxygen atoms in total. The molecule has 2 atom stereocenters. The number of aliphatic hydroxyl groups excluding tert-OH is 2. The Morgan fingerprint density at radius 3 is 1.40 bits per heavy atom. The van der Waals surface area contributed by atoms with Gasteiger partial charge in [0.15, 0.2) is 0 Å². The molecule has 0 aromatic heterocycles. The van der Waals surface area contributed by atoms with Crippen molar-refractivity contribution in [2.24, 2.45) is 0 Å². The van der Waals surface area contributed by atoms with Crippen molar-refractivity contribution in [1.29, 1.82) is 0 Å². The maximum absolute atomic E-state index is 10.9. The van der Waals surface area contributed by atoms with E-state index in [-0.39, 0.29) is 31.8 Å². The Bertz CT molecular complexity index is 973. The molecule has 0 fully saturated rings. The van der Waals surface area contributed by atoms with E-state index in [9.17, 15) is 19.8 Å². The number of rotatable bonds is 12. The lowest BCUT2D eigenvalue weighted by atomic mass is 9.78. The van der Waals surface area contributed by atoms with Gasteiger partial charge in [-0.15, -0.1) is 12.8 Å². The highest BCUT2D eigenvalue weighted by atomic mass is 16.6. The van der Waals surface area contributed by atoms with Crippen LogP contribution in [0.4, 0.5) is 0 Å². The third kappa shape index (κ3) is 8.71. The normalized spacial score (nSPS) is 12.4. The monoisotopic (exact) mass is 480 g/mol. The summed E-state index contributed by atoms with van der Waals surface area (Å²) < 4.78 is 20.4. The maximum Gasteiger partial charge on any atom is 0.384 e. The highest BCUT2D eigenvalue weighted by molar-refractivity contribution is 5.87. The minimum absolute atomic E-state index is 0.0525. The summed E-state index contributed by atoms with van der Waals surface area (Å²) in [5.41, 5.74) is 1.74. The Balaban J connectivity index is 1.90. The van der Waals surface area contributed by atoms with E-state index >= 15 is 0 Å². The summed E-state index contributed by atoms with van der Waals surface area (Å²) in [4.78, 5) is 21.8.